The molecule has 0 unspecified atom stereocenters. The van der Waals surface area contributed by atoms with E-state index in [1.165, 1.54) is 10.9 Å². The zero-order chi connectivity index (χ0) is 15.2. The van der Waals surface area contributed by atoms with Crippen molar-refractivity contribution in [3.05, 3.63) is 36.0 Å². The second kappa shape index (κ2) is 6.65. The summed E-state index contributed by atoms with van der Waals surface area (Å²) in [6, 6.07) is 7.52. The Kier molecular flexibility index (Phi) is 4.65. The third-order valence-electron chi connectivity index (χ3n) is 2.85. The number of rotatable bonds is 5. The van der Waals surface area contributed by atoms with Crippen molar-refractivity contribution in [1.29, 1.82) is 0 Å². The van der Waals surface area contributed by atoms with Crippen LogP contribution in [0.5, 0.6) is 0 Å². The number of hydrogen-bond acceptors (Lipinski definition) is 4. The lowest BCUT2D eigenvalue weighted by Gasteiger charge is -2.07. The van der Waals surface area contributed by atoms with Gasteiger partial charge in [-0.2, -0.15) is 0 Å². The maximum Gasteiger partial charge on any atom is 0.246 e. The molecule has 0 saturated heterocycles. The lowest BCUT2D eigenvalue weighted by molar-refractivity contribution is -0.117. The average molecular weight is 287 g/mol. The van der Waals surface area contributed by atoms with E-state index >= 15 is 0 Å². The monoisotopic (exact) mass is 287 g/mol. The Morgan fingerprint density at radius 3 is 2.67 bits per heavy atom. The molecule has 2 aromatic rings. The van der Waals surface area contributed by atoms with Crippen LogP contribution in [0.4, 0.5) is 11.5 Å². The molecule has 0 fully saturated rings. The molecule has 0 aliphatic carbocycles. The summed E-state index contributed by atoms with van der Waals surface area (Å²) in [5, 5.41) is 13.0. The summed E-state index contributed by atoms with van der Waals surface area (Å²) in [5.41, 5.74) is 1.75. The first-order valence-corrected chi connectivity index (χ1v) is 6.64. The van der Waals surface area contributed by atoms with E-state index in [9.17, 15) is 9.59 Å². The Balaban J connectivity index is 1.94. The standard InChI is InChI=1S/C14H17N5O2/c1-3-13(20)16-12-8-19(18-17-12)9-14(21)15-11-7-5-4-6-10(11)2/h4-8H,3,9H2,1-2H3,(H,15,21)(H,16,20). The summed E-state index contributed by atoms with van der Waals surface area (Å²) in [6.45, 7) is 3.70. The molecular formula is C14H17N5O2. The van der Waals surface area contributed by atoms with Gasteiger partial charge in [-0.1, -0.05) is 30.3 Å². The van der Waals surface area contributed by atoms with Gasteiger partial charge in [-0.25, -0.2) is 4.68 Å². The Morgan fingerprint density at radius 1 is 1.19 bits per heavy atom. The number of para-hydroxylation sites is 1. The topological polar surface area (TPSA) is 88.9 Å². The number of benzene rings is 1. The normalized spacial score (nSPS) is 10.2. The largest absolute Gasteiger partial charge is 0.324 e. The molecule has 7 nitrogen and oxygen atoms in total. The van der Waals surface area contributed by atoms with Crippen LogP contribution in [-0.2, 0) is 16.1 Å². The average Bonchev–Trinajstić information content (AvgIpc) is 2.88. The van der Waals surface area contributed by atoms with Crippen molar-refractivity contribution in [2.24, 2.45) is 0 Å². The Labute approximate surface area is 122 Å². The Bertz CT molecular complexity index is 650. The molecule has 0 saturated carbocycles. The number of carbonyl (C=O) groups excluding carboxylic acids is 2. The fourth-order valence-electron chi connectivity index (χ4n) is 1.71. The number of aryl methyl sites for hydroxylation is 1. The molecule has 0 bridgehead atoms. The molecule has 0 radical (unpaired) electrons. The van der Waals surface area contributed by atoms with Crippen LogP contribution in [0.2, 0.25) is 0 Å². The van der Waals surface area contributed by atoms with Crippen molar-refractivity contribution < 1.29 is 9.59 Å². The van der Waals surface area contributed by atoms with E-state index in [1.807, 2.05) is 31.2 Å². The number of nitrogens with one attached hydrogen (secondary N) is 2. The van der Waals surface area contributed by atoms with Crippen LogP contribution in [0.25, 0.3) is 0 Å². The summed E-state index contributed by atoms with van der Waals surface area (Å²) < 4.78 is 1.37. The first-order valence-electron chi connectivity index (χ1n) is 6.64. The van der Waals surface area contributed by atoms with E-state index < -0.39 is 0 Å². The summed E-state index contributed by atoms with van der Waals surface area (Å²) in [7, 11) is 0. The highest BCUT2D eigenvalue weighted by molar-refractivity contribution is 5.91. The van der Waals surface area contributed by atoms with E-state index in [0.717, 1.165) is 11.3 Å². The molecule has 0 aliphatic heterocycles. The van der Waals surface area contributed by atoms with Gasteiger partial charge in [0.25, 0.3) is 0 Å². The van der Waals surface area contributed by atoms with Crippen LogP contribution in [0.1, 0.15) is 18.9 Å². The summed E-state index contributed by atoms with van der Waals surface area (Å²) >= 11 is 0. The summed E-state index contributed by atoms with van der Waals surface area (Å²) in [4.78, 5) is 23.2. The van der Waals surface area contributed by atoms with Gasteiger partial charge < -0.3 is 10.6 Å². The molecule has 0 aliphatic rings. The molecule has 1 heterocycles. The van der Waals surface area contributed by atoms with Gasteiger partial charge in [-0.3, -0.25) is 9.59 Å². The van der Waals surface area contributed by atoms with E-state index in [4.69, 9.17) is 0 Å². The van der Waals surface area contributed by atoms with Crippen molar-refractivity contribution in [2.75, 3.05) is 10.6 Å². The van der Waals surface area contributed by atoms with Gasteiger partial charge in [0.05, 0.1) is 6.20 Å². The van der Waals surface area contributed by atoms with Gasteiger partial charge >= 0.3 is 0 Å². The molecule has 2 amide bonds. The van der Waals surface area contributed by atoms with Crippen molar-refractivity contribution >= 4 is 23.3 Å². The number of hydrogen-bond donors (Lipinski definition) is 2. The molecule has 2 N–H and O–H groups in total. The minimum absolute atomic E-state index is 0.0311. The lowest BCUT2D eigenvalue weighted by atomic mass is 10.2. The molecule has 1 aromatic heterocycles. The minimum atomic E-state index is -0.206. The van der Waals surface area contributed by atoms with Gasteiger partial charge in [0.1, 0.15) is 6.54 Å². The van der Waals surface area contributed by atoms with Gasteiger partial charge in [0.2, 0.25) is 11.8 Å². The number of carbonyl (C=O) groups is 2. The quantitative estimate of drug-likeness (QED) is 0.873. The van der Waals surface area contributed by atoms with Crippen molar-refractivity contribution in [1.82, 2.24) is 15.0 Å². The fraction of sp³-hybridized carbons (Fsp3) is 0.286. The van der Waals surface area contributed by atoms with E-state index in [0.29, 0.717) is 12.2 Å². The van der Waals surface area contributed by atoms with E-state index in [1.54, 1.807) is 6.92 Å². The number of nitrogens with zero attached hydrogens (tertiary/aromatic N) is 3. The van der Waals surface area contributed by atoms with Crippen LogP contribution in [-0.4, -0.2) is 26.8 Å². The molecule has 110 valence electrons. The maximum atomic E-state index is 11.9. The first kappa shape index (κ1) is 14.7. The number of aromatic nitrogens is 3. The maximum absolute atomic E-state index is 11.9. The molecule has 1 aromatic carbocycles. The predicted molar refractivity (Wildman–Crippen MR) is 78.8 cm³/mol. The van der Waals surface area contributed by atoms with Crippen LogP contribution >= 0.6 is 0 Å². The highest BCUT2D eigenvalue weighted by atomic mass is 16.2. The van der Waals surface area contributed by atoms with Crippen LogP contribution < -0.4 is 10.6 Å². The Hall–Kier alpha value is -2.70. The Morgan fingerprint density at radius 2 is 1.95 bits per heavy atom. The lowest BCUT2D eigenvalue weighted by Crippen LogP contribution is -2.19. The summed E-state index contributed by atoms with van der Waals surface area (Å²) in [6.07, 6.45) is 1.88. The smallest absolute Gasteiger partial charge is 0.246 e. The first-order chi connectivity index (χ1) is 10.1. The number of amides is 2. The van der Waals surface area contributed by atoms with Gasteiger partial charge in [-0.05, 0) is 18.6 Å². The zero-order valence-electron chi connectivity index (χ0n) is 12.0. The van der Waals surface area contributed by atoms with Crippen molar-refractivity contribution in [3.63, 3.8) is 0 Å². The van der Waals surface area contributed by atoms with Crippen molar-refractivity contribution in [2.45, 2.75) is 26.8 Å². The van der Waals surface area contributed by atoms with Gasteiger partial charge in [0, 0.05) is 12.1 Å². The third kappa shape index (κ3) is 4.13. The predicted octanol–water partition coefficient (Wildman–Crippen LogP) is 1.57. The second-order valence-electron chi connectivity index (χ2n) is 4.57. The molecular weight excluding hydrogens is 270 g/mol. The van der Waals surface area contributed by atoms with Crippen molar-refractivity contribution in [3.8, 4) is 0 Å². The second-order valence-corrected chi connectivity index (χ2v) is 4.57. The van der Waals surface area contributed by atoms with Gasteiger partial charge in [0.15, 0.2) is 5.82 Å². The van der Waals surface area contributed by atoms with Crippen LogP contribution in [0.3, 0.4) is 0 Å². The molecule has 0 atom stereocenters. The SMILES string of the molecule is CCC(=O)Nc1cn(CC(=O)Nc2ccccc2C)nn1. The van der Waals surface area contributed by atoms with Crippen LogP contribution in [0.15, 0.2) is 30.5 Å². The van der Waals surface area contributed by atoms with Crippen LogP contribution in [0, 0.1) is 6.92 Å². The van der Waals surface area contributed by atoms with E-state index in [-0.39, 0.29) is 18.4 Å². The third-order valence-corrected chi connectivity index (χ3v) is 2.85. The highest BCUT2D eigenvalue weighted by Gasteiger charge is 2.08. The summed E-state index contributed by atoms with van der Waals surface area (Å²) in [5.74, 6) is -0.0143. The fourth-order valence-corrected chi connectivity index (χ4v) is 1.71. The zero-order valence-corrected chi connectivity index (χ0v) is 12.0. The molecule has 21 heavy (non-hydrogen) atoms. The number of anilines is 2. The minimum Gasteiger partial charge on any atom is -0.324 e. The van der Waals surface area contributed by atoms with E-state index in [2.05, 4.69) is 20.9 Å². The highest BCUT2D eigenvalue weighted by Crippen LogP contribution is 2.13. The van der Waals surface area contributed by atoms with Gasteiger partial charge in [-0.15, -0.1) is 5.10 Å². The molecule has 7 heteroatoms. The molecule has 2 rings (SSSR count). The molecule has 0 spiro atoms.